The Balaban J connectivity index is 1.76. The van der Waals surface area contributed by atoms with Gasteiger partial charge in [-0.15, -0.1) is 0 Å². The summed E-state index contributed by atoms with van der Waals surface area (Å²) in [6.07, 6.45) is 14.1. The average Bonchev–Trinajstić information content (AvgIpc) is 3.18. The molecule has 0 bridgehead atoms. The van der Waals surface area contributed by atoms with Crippen molar-refractivity contribution < 1.29 is 9.59 Å². The summed E-state index contributed by atoms with van der Waals surface area (Å²) in [4.78, 5) is 28.5. The number of benzene rings is 1. The lowest BCUT2D eigenvalue weighted by Crippen LogP contribution is -2.40. The first-order valence-electron chi connectivity index (χ1n) is 12.2. The van der Waals surface area contributed by atoms with Gasteiger partial charge in [0, 0.05) is 29.9 Å². The van der Waals surface area contributed by atoms with Gasteiger partial charge in [-0.05, 0) is 56.7 Å². The van der Waals surface area contributed by atoms with Crippen LogP contribution < -0.4 is 11.1 Å². The molecule has 1 heterocycles. The third kappa shape index (κ3) is 9.26. The molecule has 0 aliphatic rings. The van der Waals surface area contributed by atoms with E-state index >= 15 is 0 Å². The van der Waals surface area contributed by atoms with Crippen molar-refractivity contribution in [2.45, 2.75) is 96.4 Å². The van der Waals surface area contributed by atoms with Crippen molar-refractivity contribution in [1.82, 2.24) is 10.3 Å². The maximum Gasteiger partial charge on any atom is 0.220 e. The summed E-state index contributed by atoms with van der Waals surface area (Å²) in [6, 6.07) is 7.86. The lowest BCUT2D eigenvalue weighted by Gasteiger charge is -2.18. The first kappa shape index (κ1) is 25.1. The molecule has 0 fully saturated rings. The number of H-pyrrole nitrogens is 1. The minimum Gasteiger partial charge on any atom is -0.361 e. The molecule has 1 atom stereocenters. The number of rotatable bonds is 17. The minimum atomic E-state index is -0.359. The third-order valence-electron chi connectivity index (χ3n) is 5.97. The number of fused-ring (bicyclic) bond motifs is 1. The monoisotopic (exact) mass is 427 g/mol. The van der Waals surface area contributed by atoms with E-state index in [1.165, 1.54) is 36.6 Å². The molecular formula is C26H41N3O2. The lowest BCUT2D eigenvalue weighted by atomic mass is 9.99. The number of aromatic amines is 1. The Kier molecular flexibility index (Phi) is 12.0. The Morgan fingerprint density at radius 3 is 2.55 bits per heavy atom. The summed E-state index contributed by atoms with van der Waals surface area (Å²) in [5, 5.41) is 4.24. The molecular weight excluding hydrogens is 386 g/mol. The second kappa shape index (κ2) is 14.8. The summed E-state index contributed by atoms with van der Waals surface area (Å²) in [5.74, 6) is 0.159. The van der Waals surface area contributed by atoms with E-state index < -0.39 is 0 Å². The molecule has 0 saturated carbocycles. The number of aromatic nitrogens is 1. The van der Waals surface area contributed by atoms with Crippen LogP contribution in [0.1, 0.15) is 89.5 Å². The van der Waals surface area contributed by atoms with Gasteiger partial charge >= 0.3 is 0 Å². The summed E-state index contributed by atoms with van der Waals surface area (Å²) < 4.78 is 0. The van der Waals surface area contributed by atoms with E-state index in [1.807, 2.05) is 18.3 Å². The van der Waals surface area contributed by atoms with Gasteiger partial charge in [-0.25, -0.2) is 0 Å². The molecule has 4 N–H and O–H groups in total. The number of carbonyl (C=O) groups excluding carboxylic acids is 2. The Hall–Kier alpha value is -2.14. The number of para-hydroxylation sites is 1. The van der Waals surface area contributed by atoms with Gasteiger partial charge in [0.15, 0.2) is 5.78 Å². The van der Waals surface area contributed by atoms with Gasteiger partial charge < -0.3 is 16.0 Å². The number of ketones is 1. The lowest BCUT2D eigenvalue weighted by molar-refractivity contribution is -0.128. The van der Waals surface area contributed by atoms with E-state index in [9.17, 15) is 9.59 Å². The predicted molar refractivity (Wildman–Crippen MR) is 129 cm³/mol. The molecule has 1 aromatic carbocycles. The largest absolute Gasteiger partial charge is 0.361 e. The summed E-state index contributed by atoms with van der Waals surface area (Å²) in [7, 11) is 0. The van der Waals surface area contributed by atoms with E-state index in [0.29, 0.717) is 25.8 Å². The number of amides is 1. The van der Waals surface area contributed by atoms with Crippen LogP contribution in [-0.2, 0) is 16.0 Å². The Bertz CT molecular complexity index is 784. The number of hydrogen-bond acceptors (Lipinski definition) is 3. The van der Waals surface area contributed by atoms with Crippen LogP contribution in [0.25, 0.3) is 10.9 Å². The summed E-state index contributed by atoms with van der Waals surface area (Å²) in [6.45, 7) is 2.83. The zero-order valence-electron chi connectivity index (χ0n) is 19.3. The molecule has 0 aliphatic carbocycles. The quantitative estimate of drug-likeness (QED) is 0.294. The van der Waals surface area contributed by atoms with Crippen LogP contribution in [0.3, 0.4) is 0 Å². The zero-order chi connectivity index (χ0) is 22.3. The molecule has 0 unspecified atom stereocenters. The number of aryl methyl sites for hydroxylation is 1. The van der Waals surface area contributed by atoms with Crippen LogP contribution in [0.5, 0.6) is 0 Å². The molecule has 5 nitrogen and oxygen atoms in total. The number of nitrogens with two attached hydrogens (primary N) is 1. The molecule has 31 heavy (non-hydrogen) atoms. The number of nitrogens with one attached hydrogen (secondary N) is 2. The summed E-state index contributed by atoms with van der Waals surface area (Å²) in [5.41, 5.74) is 7.97. The van der Waals surface area contributed by atoms with E-state index in [4.69, 9.17) is 5.73 Å². The maximum atomic E-state index is 12.7. The molecule has 0 saturated heterocycles. The normalized spacial score (nSPS) is 12.2. The minimum absolute atomic E-state index is 0.0196. The Morgan fingerprint density at radius 2 is 1.74 bits per heavy atom. The molecule has 0 aliphatic heterocycles. The molecule has 2 rings (SSSR count). The van der Waals surface area contributed by atoms with Gasteiger partial charge in [-0.2, -0.15) is 0 Å². The molecule has 172 valence electrons. The van der Waals surface area contributed by atoms with Crippen LogP contribution >= 0.6 is 0 Å². The highest BCUT2D eigenvalue weighted by Crippen LogP contribution is 2.19. The molecule has 2 aromatic rings. The standard InChI is InChI=1S/C26H41N3O2/c1-2-3-4-5-6-7-17-25(30)24(16-10-11-19-27)29-26(31)18-12-13-21-20-28-23-15-9-8-14-22(21)23/h8-9,14-15,20,24,28H,2-7,10-13,16-19,27H2,1H3,(H,29,31)/t24-/m0/s1. The van der Waals surface area contributed by atoms with Gasteiger partial charge in [-0.3, -0.25) is 9.59 Å². The number of Topliss-reactive ketones (excluding diaryl/α,β-unsaturated/α-hetero) is 1. The Labute approximate surface area is 187 Å². The number of hydrogen-bond donors (Lipinski definition) is 3. The maximum absolute atomic E-state index is 12.7. The van der Waals surface area contributed by atoms with Crippen molar-refractivity contribution in [3.63, 3.8) is 0 Å². The molecule has 1 aromatic heterocycles. The second-order valence-electron chi connectivity index (χ2n) is 8.60. The van der Waals surface area contributed by atoms with E-state index in [0.717, 1.165) is 44.0 Å². The van der Waals surface area contributed by atoms with Crippen molar-refractivity contribution in [3.8, 4) is 0 Å². The van der Waals surface area contributed by atoms with E-state index in [1.54, 1.807) is 0 Å². The first-order chi connectivity index (χ1) is 15.2. The highest BCUT2D eigenvalue weighted by atomic mass is 16.2. The van der Waals surface area contributed by atoms with Crippen molar-refractivity contribution in [2.24, 2.45) is 5.73 Å². The number of carbonyl (C=O) groups is 2. The number of unbranched alkanes of at least 4 members (excludes halogenated alkanes) is 6. The van der Waals surface area contributed by atoms with Crippen molar-refractivity contribution in [2.75, 3.05) is 6.54 Å². The fourth-order valence-corrected chi connectivity index (χ4v) is 4.10. The average molecular weight is 428 g/mol. The predicted octanol–water partition coefficient (Wildman–Crippen LogP) is 5.42. The molecule has 1 amide bonds. The Morgan fingerprint density at radius 1 is 0.968 bits per heavy atom. The smallest absolute Gasteiger partial charge is 0.220 e. The third-order valence-corrected chi connectivity index (χ3v) is 5.97. The highest BCUT2D eigenvalue weighted by Gasteiger charge is 2.19. The molecule has 0 radical (unpaired) electrons. The van der Waals surface area contributed by atoms with Crippen LogP contribution in [0.15, 0.2) is 30.5 Å². The SMILES string of the molecule is CCCCCCCCC(=O)[C@H](CCCCN)NC(=O)CCCc1c[nH]c2ccccc12. The van der Waals surface area contributed by atoms with Gasteiger partial charge in [0.25, 0.3) is 0 Å². The van der Waals surface area contributed by atoms with Crippen LogP contribution in [0.4, 0.5) is 0 Å². The first-order valence-corrected chi connectivity index (χ1v) is 12.2. The topological polar surface area (TPSA) is 88.0 Å². The van der Waals surface area contributed by atoms with Crippen LogP contribution in [-0.4, -0.2) is 29.3 Å². The van der Waals surface area contributed by atoms with Gasteiger partial charge in [0.2, 0.25) is 5.91 Å². The fraction of sp³-hybridized carbons (Fsp3) is 0.615. The van der Waals surface area contributed by atoms with E-state index in [-0.39, 0.29) is 17.7 Å². The highest BCUT2D eigenvalue weighted by molar-refractivity contribution is 5.89. The van der Waals surface area contributed by atoms with Crippen molar-refractivity contribution in [1.29, 1.82) is 0 Å². The second-order valence-corrected chi connectivity index (χ2v) is 8.60. The zero-order valence-corrected chi connectivity index (χ0v) is 19.3. The molecule has 0 spiro atoms. The van der Waals surface area contributed by atoms with Gasteiger partial charge in [-0.1, -0.05) is 57.2 Å². The van der Waals surface area contributed by atoms with Crippen LogP contribution in [0, 0.1) is 0 Å². The fourth-order valence-electron chi connectivity index (χ4n) is 4.10. The van der Waals surface area contributed by atoms with Gasteiger partial charge in [0.05, 0.1) is 6.04 Å². The van der Waals surface area contributed by atoms with Crippen molar-refractivity contribution >= 4 is 22.6 Å². The summed E-state index contributed by atoms with van der Waals surface area (Å²) >= 11 is 0. The van der Waals surface area contributed by atoms with Crippen molar-refractivity contribution in [3.05, 3.63) is 36.0 Å². The van der Waals surface area contributed by atoms with Gasteiger partial charge in [0.1, 0.15) is 0 Å². The van der Waals surface area contributed by atoms with Crippen LogP contribution in [0.2, 0.25) is 0 Å². The van der Waals surface area contributed by atoms with E-state index in [2.05, 4.69) is 29.4 Å². The molecule has 5 heteroatoms.